The second-order valence-electron chi connectivity index (χ2n) is 4.48. The van der Waals surface area contributed by atoms with E-state index in [1.165, 1.54) is 5.56 Å². The Balaban J connectivity index is 1.59. The number of imidazole rings is 1. The number of pyridine rings is 1. The molecule has 3 aromatic rings. The van der Waals surface area contributed by atoms with E-state index >= 15 is 0 Å². The molecular formula is C14H14BrN5. The number of nitrogens with one attached hydrogen (secondary N) is 1. The van der Waals surface area contributed by atoms with Crippen LogP contribution in [0.5, 0.6) is 0 Å². The smallest absolute Gasteiger partial charge is 0.155 e. The van der Waals surface area contributed by atoms with E-state index in [4.69, 9.17) is 0 Å². The van der Waals surface area contributed by atoms with E-state index in [-0.39, 0.29) is 0 Å². The maximum atomic E-state index is 4.33. The van der Waals surface area contributed by atoms with Crippen molar-refractivity contribution < 1.29 is 0 Å². The predicted octanol–water partition coefficient (Wildman–Crippen LogP) is 2.22. The molecule has 0 radical (unpaired) electrons. The molecule has 102 valence electrons. The molecule has 3 aromatic heterocycles. The molecule has 3 heterocycles. The van der Waals surface area contributed by atoms with Crippen LogP contribution >= 0.6 is 15.9 Å². The quantitative estimate of drug-likeness (QED) is 0.728. The standard InChI is InChI=1S/C14H14BrN5/c15-13-10-20-12(8-19-14(20)9-18-13)7-17-5-3-11-2-1-4-16-6-11/h1-2,4,6,8-10,17H,3,5,7H2. The first-order chi connectivity index (χ1) is 9.83. The summed E-state index contributed by atoms with van der Waals surface area (Å²) in [4.78, 5) is 12.6. The van der Waals surface area contributed by atoms with Crippen molar-refractivity contribution in [3.05, 3.63) is 59.0 Å². The van der Waals surface area contributed by atoms with Crippen molar-refractivity contribution in [2.75, 3.05) is 6.54 Å². The van der Waals surface area contributed by atoms with Crippen molar-refractivity contribution in [3.63, 3.8) is 0 Å². The van der Waals surface area contributed by atoms with Gasteiger partial charge < -0.3 is 5.32 Å². The Morgan fingerprint density at radius 1 is 1.20 bits per heavy atom. The van der Waals surface area contributed by atoms with Gasteiger partial charge in [-0.15, -0.1) is 0 Å². The van der Waals surface area contributed by atoms with E-state index in [1.807, 2.05) is 29.1 Å². The topological polar surface area (TPSA) is 55.1 Å². The Morgan fingerprint density at radius 2 is 2.15 bits per heavy atom. The van der Waals surface area contributed by atoms with E-state index in [9.17, 15) is 0 Å². The molecule has 1 N–H and O–H groups in total. The molecule has 0 aliphatic heterocycles. The van der Waals surface area contributed by atoms with Crippen molar-refractivity contribution >= 4 is 21.6 Å². The summed E-state index contributed by atoms with van der Waals surface area (Å²) in [5.74, 6) is 0. The highest BCUT2D eigenvalue weighted by Gasteiger charge is 2.03. The van der Waals surface area contributed by atoms with Crippen LogP contribution in [-0.4, -0.2) is 25.9 Å². The number of halogens is 1. The predicted molar refractivity (Wildman–Crippen MR) is 80.3 cm³/mol. The maximum Gasteiger partial charge on any atom is 0.155 e. The molecule has 0 spiro atoms. The second kappa shape index (κ2) is 6.11. The number of fused-ring (bicyclic) bond motifs is 1. The van der Waals surface area contributed by atoms with Gasteiger partial charge in [0, 0.05) is 25.1 Å². The van der Waals surface area contributed by atoms with Crippen LogP contribution in [0.25, 0.3) is 5.65 Å². The van der Waals surface area contributed by atoms with E-state index in [1.54, 1.807) is 12.4 Å². The lowest BCUT2D eigenvalue weighted by molar-refractivity contribution is 0.670. The molecule has 0 bridgehead atoms. The molecule has 6 heteroatoms. The van der Waals surface area contributed by atoms with E-state index in [2.05, 4.69) is 42.3 Å². The molecule has 0 atom stereocenters. The fraction of sp³-hybridized carbons (Fsp3) is 0.214. The zero-order valence-electron chi connectivity index (χ0n) is 10.8. The minimum atomic E-state index is 0.776. The number of hydrogen-bond acceptors (Lipinski definition) is 4. The highest BCUT2D eigenvalue weighted by molar-refractivity contribution is 9.10. The molecule has 0 fully saturated rings. The molecule has 0 amide bonds. The first kappa shape index (κ1) is 13.2. The fourth-order valence-corrected chi connectivity index (χ4v) is 2.35. The lowest BCUT2D eigenvalue weighted by Crippen LogP contribution is -2.17. The van der Waals surface area contributed by atoms with Gasteiger partial charge in [-0.1, -0.05) is 6.07 Å². The first-order valence-corrected chi connectivity index (χ1v) is 7.19. The van der Waals surface area contributed by atoms with E-state index < -0.39 is 0 Å². The van der Waals surface area contributed by atoms with Gasteiger partial charge in [-0.2, -0.15) is 0 Å². The molecule has 20 heavy (non-hydrogen) atoms. The summed E-state index contributed by atoms with van der Waals surface area (Å²) >= 11 is 3.38. The van der Waals surface area contributed by atoms with Crippen LogP contribution in [0.3, 0.4) is 0 Å². The number of nitrogens with zero attached hydrogens (tertiary/aromatic N) is 4. The summed E-state index contributed by atoms with van der Waals surface area (Å²) in [5, 5.41) is 3.42. The van der Waals surface area contributed by atoms with Crippen molar-refractivity contribution in [1.82, 2.24) is 24.7 Å². The largest absolute Gasteiger partial charge is 0.311 e. The molecule has 0 saturated heterocycles. The second-order valence-corrected chi connectivity index (χ2v) is 5.29. The highest BCUT2D eigenvalue weighted by Crippen LogP contribution is 2.10. The summed E-state index contributed by atoms with van der Waals surface area (Å²) < 4.78 is 2.84. The van der Waals surface area contributed by atoms with Crippen LogP contribution in [0.1, 0.15) is 11.3 Å². The molecule has 5 nitrogen and oxygen atoms in total. The van der Waals surface area contributed by atoms with Gasteiger partial charge in [0.15, 0.2) is 5.65 Å². The minimum absolute atomic E-state index is 0.776. The number of hydrogen-bond donors (Lipinski definition) is 1. The summed E-state index contributed by atoms with van der Waals surface area (Å²) in [7, 11) is 0. The Hall–Kier alpha value is -1.79. The summed E-state index contributed by atoms with van der Waals surface area (Å²) in [5.41, 5.74) is 3.22. The molecule has 0 saturated carbocycles. The third kappa shape index (κ3) is 3.02. The molecule has 0 aromatic carbocycles. The summed E-state index contributed by atoms with van der Waals surface area (Å²) in [6.45, 7) is 1.68. The van der Waals surface area contributed by atoms with Gasteiger partial charge in [0.2, 0.25) is 0 Å². The van der Waals surface area contributed by atoms with Gasteiger partial charge in [0.05, 0.1) is 18.1 Å². The molecule has 0 aliphatic rings. The van der Waals surface area contributed by atoms with Crippen molar-refractivity contribution in [2.24, 2.45) is 0 Å². The van der Waals surface area contributed by atoms with Crippen LogP contribution in [-0.2, 0) is 13.0 Å². The van der Waals surface area contributed by atoms with Gasteiger partial charge in [0.1, 0.15) is 4.60 Å². The van der Waals surface area contributed by atoms with Crippen LogP contribution in [0.4, 0.5) is 0 Å². The lowest BCUT2D eigenvalue weighted by atomic mass is 10.2. The fourth-order valence-electron chi connectivity index (χ4n) is 2.04. The van der Waals surface area contributed by atoms with Gasteiger partial charge in [-0.25, -0.2) is 9.97 Å². The summed E-state index contributed by atoms with van der Waals surface area (Å²) in [6.07, 6.45) is 10.2. The number of rotatable bonds is 5. The van der Waals surface area contributed by atoms with E-state index in [0.717, 1.165) is 35.5 Å². The Kier molecular flexibility index (Phi) is 4.03. The molecular weight excluding hydrogens is 318 g/mol. The normalized spacial score (nSPS) is 11.1. The van der Waals surface area contributed by atoms with Crippen molar-refractivity contribution in [3.8, 4) is 0 Å². The van der Waals surface area contributed by atoms with Crippen molar-refractivity contribution in [1.29, 1.82) is 0 Å². The van der Waals surface area contributed by atoms with Gasteiger partial charge in [-0.05, 0) is 40.5 Å². The Bertz CT molecular complexity index is 695. The third-order valence-corrected chi connectivity index (χ3v) is 3.47. The zero-order valence-corrected chi connectivity index (χ0v) is 12.4. The highest BCUT2D eigenvalue weighted by atomic mass is 79.9. The third-order valence-electron chi connectivity index (χ3n) is 3.06. The monoisotopic (exact) mass is 331 g/mol. The zero-order chi connectivity index (χ0) is 13.8. The van der Waals surface area contributed by atoms with Crippen molar-refractivity contribution in [2.45, 2.75) is 13.0 Å². The van der Waals surface area contributed by atoms with Gasteiger partial charge in [0.25, 0.3) is 0 Å². The van der Waals surface area contributed by atoms with Gasteiger partial charge >= 0.3 is 0 Å². The van der Waals surface area contributed by atoms with Crippen LogP contribution in [0.15, 0.2) is 47.7 Å². The number of aromatic nitrogens is 4. The maximum absolute atomic E-state index is 4.33. The van der Waals surface area contributed by atoms with Crippen LogP contribution in [0.2, 0.25) is 0 Å². The lowest BCUT2D eigenvalue weighted by Gasteiger charge is -2.05. The molecule has 0 unspecified atom stereocenters. The van der Waals surface area contributed by atoms with Crippen LogP contribution in [0, 0.1) is 0 Å². The SMILES string of the molecule is Brc1cn2c(CNCCc3cccnc3)cnc2cn1. The molecule has 3 rings (SSSR count). The average molecular weight is 332 g/mol. The summed E-state index contributed by atoms with van der Waals surface area (Å²) in [6, 6.07) is 4.05. The Morgan fingerprint density at radius 3 is 3.00 bits per heavy atom. The molecule has 0 aliphatic carbocycles. The average Bonchev–Trinajstić information content (AvgIpc) is 2.87. The first-order valence-electron chi connectivity index (χ1n) is 6.40. The van der Waals surface area contributed by atoms with E-state index in [0.29, 0.717) is 0 Å². The van der Waals surface area contributed by atoms with Crippen LogP contribution < -0.4 is 5.32 Å². The Labute approximate surface area is 125 Å². The minimum Gasteiger partial charge on any atom is -0.311 e. The van der Waals surface area contributed by atoms with Gasteiger partial charge in [-0.3, -0.25) is 9.38 Å².